The third kappa shape index (κ3) is 2.68. The van der Waals surface area contributed by atoms with Gasteiger partial charge in [-0.15, -0.1) is 11.6 Å². The lowest BCUT2D eigenvalue weighted by atomic mass is 9.79. The minimum Gasteiger partial charge on any atom is -0.322 e. The number of aromatic nitrogens is 2. The van der Waals surface area contributed by atoms with E-state index in [-0.39, 0.29) is 5.38 Å². The number of benzene rings is 1. The normalized spacial score (nSPS) is 28.0. The fourth-order valence-electron chi connectivity index (χ4n) is 3.77. The van der Waals surface area contributed by atoms with Crippen LogP contribution in [0, 0.1) is 11.8 Å². The highest BCUT2D eigenvalue weighted by atomic mass is 35.5. The van der Waals surface area contributed by atoms with Gasteiger partial charge in [-0.2, -0.15) is 0 Å². The smallest absolute Gasteiger partial charge is 0.128 e. The summed E-state index contributed by atoms with van der Waals surface area (Å²) in [6.45, 7) is 6.67. The molecule has 0 aliphatic heterocycles. The lowest BCUT2D eigenvalue weighted by Crippen LogP contribution is -2.26. The van der Waals surface area contributed by atoms with Crippen molar-refractivity contribution < 1.29 is 0 Å². The van der Waals surface area contributed by atoms with Gasteiger partial charge < -0.3 is 4.57 Å². The van der Waals surface area contributed by atoms with E-state index in [2.05, 4.69) is 18.4 Å². The van der Waals surface area contributed by atoms with E-state index in [4.69, 9.17) is 28.2 Å². The van der Waals surface area contributed by atoms with Gasteiger partial charge in [-0.05, 0) is 50.2 Å². The molecule has 0 amide bonds. The van der Waals surface area contributed by atoms with Gasteiger partial charge in [0.1, 0.15) is 5.82 Å². The van der Waals surface area contributed by atoms with Crippen LogP contribution in [0.3, 0.4) is 0 Å². The van der Waals surface area contributed by atoms with E-state index >= 15 is 0 Å². The molecule has 3 rings (SSSR count). The van der Waals surface area contributed by atoms with Gasteiger partial charge in [-0.3, -0.25) is 0 Å². The van der Waals surface area contributed by atoms with Crippen LogP contribution in [-0.2, 0) is 0 Å². The van der Waals surface area contributed by atoms with Crippen LogP contribution in [-0.4, -0.2) is 9.55 Å². The third-order valence-electron chi connectivity index (χ3n) is 4.76. The molecule has 1 aliphatic carbocycles. The first kappa shape index (κ1) is 15.2. The van der Waals surface area contributed by atoms with Gasteiger partial charge in [0.25, 0.3) is 0 Å². The summed E-state index contributed by atoms with van der Waals surface area (Å²) < 4.78 is 2.33. The predicted octanol–water partition coefficient (Wildman–Crippen LogP) is 5.99. The lowest BCUT2D eigenvalue weighted by molar-refractivity contribution is 0.208. The molecule has 0 saturated heterocycles. The first-order valence-electron chi connectivity index (χ1n) is 7.79. The molecule has 4 heteroatoms. The van der Waals surface area contributed by atoms with Crippen LogP contribution in [0.25, 0.3) is 11.0 Å². The van der Waals surface area contributed by atoms with Crippen LogP contribution in [0.2, 0.25) is 5.02 Å². The summed E-state index contributed by atoms with van der Waals surface area (Å²) in [5.74, 6) is 2.38. The minimum atomic E-state index is -0.111. The van der Waals surface area contributed by atoms with Crippen molar-refractivity contribution in [3.05, 3.63) is 29.0 Å². The number of para-hydroxylation sites is 1. The van der Waals surface area contributed by atoms with Crippen molar-refractivity contribution in [2.24, 2.45) is 11.8 Å². The Morgan fingerprint density at radius 1 is 1.29 bits per heavy atom. The summed E-state index contributed by atoms with van der Waals surface area (Å²) in [5, 5.41) is 0.661. The molecule has 1 fully saturated rings. The Morgan fingerprint density at radius 2 is 2.05 bits per heavy atom. The zero-order valence-electron chi connectivity index (χ0n) is 12.8. The van der Waals surface area contributed by atoms with Crippen molar-refractivity contribution in [2.75, 3.05) is 0 Å². The summed E-state index contributed by atoms with van der Waals surface area (Å²) in [4.78, 5) is 4.75. The van der Waals surface area contributed by atoms with E-state index in [1.165, 1.54) is 19.3 Å². The van der Waals surface area contributed by atoms with Crippen molar-refractivity contribution in [1.29, 1.82) is 0 Å². The van der Waals surface area contributed by atoms with E-state index in [0.717, 1.165) is 27.8 Å². The molecule has 0 spiro atoms. The molecule has 1 aromatic heterocycles. The molecule has 2 aromatic rings. The summed E-state index contributed by atoms with van der Waals surface area (Å²) in [6.07, 6.45) is 3.69. The van der Waals surface area contributed by atoms with Gasteiger partial charge in [0, 0.05) is 6.04 Å². The Kier molecular flexibility index (Phi) is 4.20. The Morgan fingerprint density at radius 3 is 2.71 bits per heavy atom. The molecular formula is C17H22Cl2N2. The molecule has 0 N–H and O–H groups in total. The second kappa shape index (κ2) is 5.81. The maximum atomic E-state index is 6.47. The largest absolute Gasteiger partial charge is 0.322 e. The van der Waals surface area contributed by atoms with Gasteiger partial charge in [0.15, 0.2) is 0 Å². The quantitative estimate of drug-likeness (QED) is 0.620. The van der Waals surface area contributed by atoms with E-state index in [1.54, 1.807) is 0 Å². The van der Waals surface area contributed by atoms with E-state index in [1.807, 2.05) is 25.1 Å². The second-order valence-corrected chi connectivity index (χ2v) is 7.59. The number of hydrogen-bond acceptors (Lipinski definition) is 1. The Bertz CT molecular complexity index is 648. The summed E-state index contributed by atoms with van der Waals surface area (Å²) in [6, 6.07) is 6.37. The Balaban J connectivity index is 2.17. The van der Waals surface area contributed by atoms with Crippen molar-refractivity contribution in [1.82, 2.24) is 9.55 Å². The number of alkyl halides is 1. The molecule has 0 bridgehead atoms. The van der Waals surface area contributed by atoms with Gasteiger partial charge in [-0.25, -0.2) is 4.98 Å². The lowest BCUT2D eigenvalue weighted by Gasteiger charge is -2.35. The fraction of sp³-hybridized carbons (Fsp3) is 0.588. The van der Waals surface area contributed by atoms with Gasteiger partial charge in [-0.1, -0.05) is 31.5 Å². The van der Waals surface area contributed by atoms with Crippen LogP contribution in [0.4, 0.5) is 0 Å². The topological polar surface area (TPSA) is 17.8 Å². The molecule has 0 radical (unpaired) electrons. The molecule has 114 valence electrons. The van der Waals surface area contributed by atoms with Crippen LogP contribution in [0.15, 0.2) is 18.2 Å². The van der Waals surface area contributed by atoms with Crippen LogP contribution in [0.1, 0.15) is 57.3 Å². The van der Waals surface area contributed by atoms with Gasteiger partial charge in [0.2, 0.25) is 0 Å². The van der Waals surface area contributed by atoms with Crippen molar-refractivity contribution in [3.8, 4) is 0 Å². The highest BCUT2D eigenvalue weighted by molar-refractivity contribution is 6.35. The minimum absolute atomic E-state index is 0.111. The molecular weight excluding hydrogens is 303 g/mol. The van der Waals surface area contributed by atoms with E-state index in [0.29, 0.717) is 12.0 Å². The highest BCUT2D eigenvalue weighted by Crippen LogP contribution is 2.41. The van der Waals surface area contributed by atoms with Crippen molar-refractivity contribution in [3.63, 3.8) is 0 Å². The number of hydrogen-bond donors (Lipinski definition) is 0. The summed E-state index contributed by atoms with van der Waals surface area (Å²) in [5.41, 5.74) is 2.00. The maximum Gasteiger partial charge on any atom is 0.128 e. The maximum absolute atomic E-state index is 6.47. The zero-order valence-corrected chi connectivity index (χ0v) is 14.3. The molecule has 1 aromatic carbocycles. The summed E-state index contributed by atoms with van der Waals surface area (Å²) >= 11 is 12.9. The van der Waals surface area contributed by atoms with Crippen LogP contribution >= 0.6 is 23.2 Å². The van der Waals surface area contributed by atoms with E-state index in [9.17, 15) is 0 Å². The average Bonchev–Trinajstić information content (AvgIpc) is 2.80. The average molecular weight is 325 g/mol. The van der Waals surface area contributed by atoms with Crippen LogP contribution < -0.4 is 0 Å². The van der Waals surface area contributed by atoms with Gasteiger partial charge >= 0.3 is 0 Å². The number of imidazole rings is 1. The van der Waals surface area contributed by atoms with E-state index < -0.39 is 0 Å². The van der Waals surface area contributed by atoms with Crippen molar-refractivity contribution >= 4 is 34.2 Å². The molecule has 1 heterocycles. The number of rotatable bonds is 2. The summed E-state index contributed by atoms with van der Waals surface area (Å²) in [7, 11) is 0. The SMILES string of the molecule is CC1CCC(n2c(C(C)Cl)nc3cccc(Cl)c32)C(C)C1. The number of halogens is 2. The number of nitrogens with zero attached hydrogens (tertiary/aromatic N) is 2. The molecule has 2 nitrogen and oxygen atoms in total. The zero-order chi connectivity index (χ0) is 15.1. The third-order valence-corrected chi connectivity index (χ3v) is 5.26. The first-order valence-corrected chi connectivity index (χ1v) is 8.61. The fourth-order valence-corrected chi connectivity index (χ4v) is 4.19. The molecule has 4 atom stereocenters. The molecule has 1 aliphatic rings. The highest BCUT2D eigenvalue weighted by Gasteiger charge is 2.31. The predicted molar refractivity (Wildman–Crippen MR) is 90.2 cm³/mol. The Hall–Kier alpha value is -0.730. The Labute approximate surface area is 136 Å². The standard InChI is InChI=1S/C17H22Cl2N2/c1-10-7-8-15(11(2)9-10)21-16-13(19)5-4-6-14(16)20-17(21)12(3)18/h4-6,10-12,15H,7-9H2,1-3H3. The van der Waals surface area contributed by atoms with Gasteiger partial charge in [0.05, 0.1) is 21.4 Å². The van der Waals surface area contributed by atoms with Crippen molar-refractivity contribution in [2.45, 2.75) is 51.5 Å². The van der Waals surface area contributed by atoms with Crippen LogP contribution in [0.5, 0.6) is 0 Å². The first-order chi connectivity index (χ1) is 9.99. The monoisotopic (exact) mass is 324 g/mol. The molecule has 4 unspecified atom stereocenters. The number of fused-ring (bicyclic) bond motifs is 1. The second-order valence-electron chi connectivity index (χ2n) is 6.53. The molecule has 21 heavy (non-hydrogen) atoms. The molecule has 1 saturated carbocycles.